The van der Waals surface area contributed by atoms with Crippen LogP contribution in [0.1, 0.15) is 11.1 Å². The maximum absolute atomic E-state index is 9.07. The van der Waals surface area contributed by atoms with Crippen molar-refractivity contribution in [1.82, 2.24) is 0 Å². The summed E-state index contributed by atoms with van der Waals surface area (Å²) in [6.07, 6.45) is 0. The molecule has 0 saturated heterocycles. The summed E-state index contributed by atoms with van der Waals surface area (Å²) in [4.78, 5) is 2.05. The number of benzene rings is 2. The van der Waals surface area contributed by atoms with Gasteiger partial charge in [-0.15, -0.1) is 0 Å². The number of halogens is 2. The highest BCUT2D eigenvalue weighted by Gasteiger charge is 2.07. The van der Waals surface area contributed by atoms with Crippen LogP contribution in [0, 0.1) is 0 Å². The van der Waals surface area contributed by atoms with Gasteiger partial charge in [-0.3, -0.25) is 0 Å². The molecule has 2 nitrogen and oxygen atoms in total. The van der Waals surface area contributed by atoms with Crippen LogP contribution in [0.15, 0.2) is 42.5 Å². The van der Waals surface area contributed by atoms with Crippen molar-refractivity contribution < 1.29 is 5.11 Å². The lowest BCUT2D eigenvalue weighted by Crippen LogP contribution is -2.16. The van der Waals surface area contributed by atoms with Crippen molar-refractivity contribution in [3.63, 3.8) is 0 Å². The largest absolute Gasteiger partial charge is 0.392 e. The van der Waals surface area contributed by atoms with Crippen molar-refractivity contribution in [2.45, 2.75) is 13.2 Å². The molecule has 0 spiro atoms. The molecule has 0 atom stereocenters. The van der Waals surface area contributed by atoms with Crippen LogP contribution in [0.3, 0.4) is 0 Å². The number of aliphatic hydroxyl groups excluding tert-OH is 1. The molecule has 0 fully saturated rings. The Kier molecular flexibility index (Phi) is 4.70. The van der Waals surface area contributed by atoms with Gasteiger partial charge in [0.2, 0.25) is 0 Å². The molecule has 0 radical (unpaired) electrons. The zero-order valence-electron chi connectivity index (χ0n) is 10.6. The minimum absolute atomic E-state index is 0.00198. The Morgan fingerprint density at radius 3 is 2.47 bits per heavy atom. The summed E-state index contributed by atoms with van der Waals surface area (Å²) < 4.78 is 0. The van der Waals surface area contributed by atoms with Crippen LogP contribution >= 0.6 is 23.2 Å². The van der Waals surface area contributed by atoms with Gasteiger partial charge in [0.1, 0.15) is 0 Å². The van der Waals surface area contributed by atoms with Gasteiger partial charge in [0.25, 0.3) is 0 Å². The third-order valence-electron chi connectivity index (χ3n) is 2.91. The SMILES string of the molecule is CN(Cc1cccc(Cl)c1)c1ccc(CO)cc1Cl. The van der Waals surface area contributed by atoms with Gasteiger partial charge in [-0.25, -0.2) is 0 Å². The van der Waals surface area contributed by atoms with Crippen LogP contribution in [0.2, 0.25) is 10.0 Å². The highest BCUT2D eigenvalue weighted by Crippen LogP contribution is 2.27. The standard InChI is InChI=1S/C15H15Cl2NO/c1-18(9-11-3-2-4-13(16)7-11)15-6-5-12(10-19)8-14(15)17/h2-8,19H,9-10H2,1H3. The lowest BCUT2D eigenvalue weighted by atomic mass is 10.1. The zero-order chi connectivity index (χ0) is 13.8. The monoisotopic (exact) mass is 295 g/mol. The fourth-order valence-electron chi connectivity index (χ4n) is 1.95. The number of nitrogens with zero attached hydrogens (tertiary/aromatic N) is 1. The number of rotatable bonds is 4. The Morgan fingerprint density at radius 1 is 1.05 bits per heavy atom. The molecular formula is C15H15Cl2NO. The van der Waals surface area contributed by atoms with Gasteiger partial charge in [0.15, 0.2) is 0 Å². The first kappa shape index (κ1) is 14.2. The van der Waals surface area contributed by atoms with Crippen LogP contribution in [0.5, 0.6) is 0 Å². The molecule has 19 heavy (non-hydrogen) atoms. The van der Waals surface area contributed by atoms with Gasteiger partial charge < -0.3 is 10.0 Å². The third kappa shape index (κ3) is 3.63. The molecule has 100 valence electrons. The molecule has 0 aliphatic carbocycles. The summed E-state index contributed by atoms with van der Waals surface area (Å²) in [5.74, 6) is 0. The Hall–Kier alpha value is -1.22. The molecule has 0 bridgehead atoms. The molecular weight excluding hydrogens is 281 g/mol. The molecule has 0 heterocycles. The summed E-state index contributed by atoms with van der Waals surface area (Å²) in [6, 6.07) is 13.3. The van der Waals surface area contributed by atoms with E-state index in [9.17, 15) is 0 Å². The van der Waals surface area contributed by atoms with E-state index in [2.05, 4.69) is 4.90 Å². The van der Waals surface area contributed by atoms with E-state index in [1.54, 1.807) is 6.07 Å². The first-order valence-corrected chi connectivity index (χ1v) is 6.70. The number of hydrogen-bond acceptors (Lipinski definition) is 2. The van der Waals surface area contributed by atoms with Gasteiger partial charge in [0, 0.05) is 18.6 Å². The van der Waals surface area contributed by atoms with Crippen molar-refractivity contribution in [1.29, 1.82) is 0 Å². The molecule has 2 aromatic carbocycles. The van der Waals surface area contributed by atoms with Crippen LogP contribution in [-0.4, -0.2) is 12.2 Å². The van der Waals surface area contributed by atoms with Crippen LogP contribution in [-0.2, 0) is 13.2 Å². The van der Waals surface area contributed by atoms with E-state index in [1.807, 2.05) is 43.4 Å². The van der Waals surface area contributed by atoms with Crippen molar-refractivity contribution in [2.24, 2.45) is 0 Å². The molecule has 1 N–H and O–H groups in total. The summed E-state index contributed by atoms with van der Waals surface area (Å²) in [6.45, 7) is 0.719. The number of aliphatic hydroxyl groups is 1. The smallest absolute Gasteiger partial charge is 0.0682 e. The van der Waals surface area contributed by atoms with Crippen LogP contribution in [0.25, 0.3) is 0 Å². The highest BCUT2D eigenvalue weighted by atomic mass is 35.5. The molecule has 0 aliphatic rings. The summed E-state index contributed by atoms with van der Waals surface area (Å²) in [5, 5.41) is 10.4. The van der Waals surface area contributed by atoms with Gasteiger partial charge in [-0.1, -0.05) is 41.4 Å². The van der Waals surface area contributed by atoms with E-state index < -0.39 is 0 Å². The summed E-state index contributed by atoms with van der Waals surface area (Å²) in [7, 11) is 1.97. The van der Waals surface area contributed by atoms with Crippen LogP contribution in [0.4, 0.5) is 5.69 Å². The topological polar surface area (TPSA) is 23.5 Å². The fourth-order valence-corrected chi connectivity index (χ4v) is 2.51. The zero-order valence-corrected chi connectivity index (χ0v) is 12.1. The molecule has 2 rings (SSSR count). The lowest BCUT2D eigenvalue weighted by molar-refractivity contribution is 0.282. The second-order valence-electron chi connectivity index (χ2n) is 4.43. The second kappa shape index (κ2) is 6.29. The van der Waals surface area contributed by atoms with E-state index in [0.29, 0.717) is 5.02 Å². The molecule has 0 unspecified atom stereocenters. The molecule has 2 aromatic rings. The van der Waals surface area contributed by atoms with E-state index in [4.69, 9.17) is 28.3 Å². The highest BCUT2D eigenvalue weighted by molar-refractivity contribution is 6.33. The van der Waals surface area contributed by atoms with Crippen LogP contribution < -0.4 is 4.90 Å². The Labute approximate surface area is 123 Å². The predicted molar refractivity (Wildman–Crippen MR) is 80.9 cm³/mol. The second-order valence-corrected chi connectivity index (χ2v) is 5.27. The minimum Gasteiger partial charge on any atom is -0.392 e. The molecule has 4 heteroatoms. The number of hydrogen-bond donors (Lipinski definition) is 1. The van der Waals surface area contributed by atoms with Crippen molar-refractivity contribution in [2.75, 3.05) is 11.9 Å². The van der Waals surface area contributed by atoms with E-state index in [1.165, 1.54) is 0 Å². The average molecular weight is 296 g/mol. The summed E-state index contributed by atoms with van der Waals surface area (Å²) in [5.41, 5.74) is 2.86. The first-order chi connectivity index (χ1) is 9.10. The van der Waals surface area contributed by atoms with Crippen molar-refractivity contribution in [3.05, 3.63) is 63.6 Å². The van der Waals surface area contributed by atoms with Gasteiger partial charge in [-0.05, 0) is 35.4 Å². The van der Waals surface area contributed by atoms with Gasteiger partial charge in [-0.2, -0.15) is 0 Å². The van der Waals surface area contributed by atoms with E-state index in [-0.39, 0.29) is 6.61 Å². The minimum atomic E-state index is -0.00198. The van der Waals surface area contributed by atoms with Gasteiger partial charge in [0.05, 0.1) is 17.3 Å². The molecule has 0 aliphatic heterocycles. The summed E-state index contributed by atoms with van der Waals surface area (Å²) >= 11 is 12.2. The molecule has 0 saturated carbocycles. The van der Waals surface area contributed by atoms with E-state index in [0.717, 1.165) is 28.4 Å². The van der Waals surface area contributed by atoms with Crippen molar-refractivity contribution in [3.8, 4) is 0 Å². The number of anilines is 1. The quantitative estimate of drug-likeness (QED) is 0.917. The molecule has 0 aromatic heterocycles. The van der Waals surface area contributed by atoms with Gasteiger partial charge >= 0.3 is 0 Å². The lowest BCUT2D eigenvalue weighted by Gasteiger charge is -2.21. The normalized spacial score (nSPS) is 10.5. The average Bonchev–Trinajstić information content (AvgIpc) is 2.38. The maximum Gasteiger partial charge on any atom is 0.0682 e. The molecule has 0 amide bonds. The Morgan fingerprint density at radius 2 is 1.84 bits per heavy atom. The van der Waals surface area contributed by atoms with Crippen molar-refractivity contribution >= 4 is 28.9 Å². The Bertz CT molecular complexity index is 572. The third-order valence-corrected chi connectivity index (χ3v) is 3.45. The Balaban J connectivity index is 2.18. The van der Waals surface area contributed by atoms with E-state index >= 15 is 0 Å². The first-order valence-electron chi connectivity index (χ1n) is 5.95. The predicted octanol–water partition coefficient (Wildman–Crippen LogP) is 4.12. The fraction of sp³-hybridized carbons (Fsp3) is 0.200. The maximum atomic E-state index is 9.07.